The summed E-state index contributed by atoms with van der Waals surface area (Å²) in [5.74, 6) is -0.393. The second-order valence-electron chi connectivity index (χ2n) is 7.13. The zero-order chi connectivity index (χ0) is 23.4. The van der Waals surface area contributed by atoms with Crippen LogP contribution in [0.25, 0.3) is 0 Å². The van der Waals surface area contributed by atoms with Gasteiger partial charge in [-0.15, -0.1) is 0 Å². The Morgan fingerprint density at radius 2 is 1.85 bits per heavy atom. The Labute approximate surface area is 206 Å². The van der Waals surface area contributed by atoms with Gasteiger partial charge in [0, 0.05) is 26.9 Å². The van der Waals surface area contributed by atoms with Crippen molar-refractivity contribution in [1.82, 2.24) is 5.32 Å². The summed E-state index contributed by atoms with van der Waals surface area (Å²) in [6, 6.07) is 21.8. The number of halogens is 2. The lowest BCUT2D eigenvalue weighted by atomic mass is 10.0. The summed E-state index contributed by atoms with van der Waals surface area (Å²) in [7, 11) is 0. The highest BCUT2D eigenvalue weighted by Crippen LogP contribution is 2.29. The lowest BCUT2D eigenvalue weighted by Gasteiger charge is -2.17. The molecule has 1 atom stereocenters. The molecule has 3 N–H and O–H groups in total. The predicted molar refractivity (Wildman–Crippen MR) is 136 cm³/mol. The topological polar surface area (TPSA) is 89.3 Å². The van der Waals surface area contributed by atoms with E-state index >= 15 is 0 Å². The van der Waals surface area contributed by atoms with E-state index in [1.54, 1.807) is 24.3 Å². The summed E-state index contributed by atoms with van der Waals surface area (Å²) >= 11 is 18.1. The molecule has 164 valence electrons. The number of amides is 1. The number of hydrogen-bond acceptors (Lipinski definition) is 4. The van der Waals surface area contributed by atoms with Gasteiger partial charge in [0.05, 0.1) is 23.9 Å². The molecule has 3 aromatic rings. The number of benzene rings is 3. The zero-order valence-corrected chi connectivity index (χ0v) is 19.4. The summed E-state index contributed by atoms with van der Waals surface area (Å²) < 4.78 is 0. The maximum Gasteiger partial charge on any atom is 0.269 e. The van der Waals surface area contributed by atoms with Gasteiger partial charge in [0.25, 0.3) is 5.91 Å². The van der Waals surface area contributed by atoms with Crippen LogP contribution < -0.4 is 16.0 Å². The number of carbonyl (C=O) groups is 1. The predicted octanol–water partition coefficient (Wildman–Crippen LogP) is 5.16. The first-order valence-electron chi connectivity index (χ1n) is 9.92. The number of rotatable bonds is 4. The second kappa shape index (κ2) is 10.0. The molecule has 0 aliphatic carbocycles. The largest absolute Gasteiger partial charge is 0.333 e. The highest BCUT2D eigenvalue weighted by Gasteiger charge is 2.27. The molecular weight excluding hydrogens is 477 g/mol. The van der Waals surface area contributed by atoms with E-state index in [2.05, 4.69) is 27.0 Å². The average molecular weight is 494 g/mol. The van der Waals surface area contributed by atoms with E-state index in [1.165, 1.54) is 0 Å². The van der Waals surface area contributed by atoms with E-state index in [0.29, 0.717) is 38.3 Å². The molecule has 0 aromatic heterocycles. The molecule has 0 saturated heterocycles. The standard InChI is InChI=1S/C24H17Cl2N5OS/c25-15-9-10-20-17(13-15)21(16-6-2-3-7-18(16)26)30-22(23(32)28-20)31-24(33)29-19-8-4-1-5-14(19)11-12-27/h1-10,13,22H,11H2,(H,28,32)(H2,29,31,33). The van der Waals surface area contributed by atoms with E-state index in [9.17, 15) is 4.79 Å². The molecule has 0 radical (unpaired) electrons. The van der Waals surface area contributed by atoms with Crippen molar-refractivity contribution in [2.24, 2.45) is 4.99 Å². The van der Waals surface area contributed by atoms with Gasteiger partial charge in [0.1, 0.15) is 0 Å². The van der Waals surface area contributed by atoms with Crippen LogP contribution in [0.1, 0.15) is 16.7 Å². The smallest absolute Gasteiger partial charge is 0.269 e. The van der Waals surface area contributed by atoms with E-state index < -0.39 is 12.1 Å². The number of fused-ring (bicyclic) bond motifs is 1. The quantitative estimate of drug-likeness (QED) is 0.436. The lowest BCUT2D eigenvalue weighted by molar-refractivity contribution is -0.117. The van der Waals surface area contributed by atoms with Crippen LogP contribution in [0.15, 0.2) is 71.7 Å². The second-order valence-corrected chi connectivity index (χ2v) is 8.38. The van der Waals surface area contributed by atoms with Gasteiger partial charge in [-0.05, 0) is 48.1 Å². The van der Waals surface area contributed by atoms with E-state index in [0.717, 1.165) is 5.56 Å². The first-order valence-corrected chi connectivity index (χ1v) is 11.1. The molecule has 9 heteroatoms. The summed E-state index contributed by atoms with van der Waals surface area (Å²) in [6.07, 6.45) is -0.814. The monoisotopic (exact) mass is 493 g/mol. The molecule has 33 heavy (non-hydrogen) atoms. The number of nitrogens with one attached hydrogen (secondary N) is 3. The molecule has 0 fully saturated rings. The highest BCUT2D eigenvalue weighted by atomic mass is 35.5. The van der Waals surface area contributed by atoms with Crippen LogP contribution in [-0.2, 0) is 11.2 Å². The first-order chi connectivity index (χ1) is 16.0. The molecule has 6 nitrogen and oxygen atoms in total. The number of carbonyl (C=O) groups excluding carboxylic acids is 1. The van der Waals surface area contributed by atoms with Crippen molar-refractivity contribution in [2.75, 3.05) is 10.6 Å². The van der Waals surface area contributed by atoms with Crippen molar-refractivity contribution < 1.29 is 4.79 Å². The van der Waals surface area contributed by atoms with Crippen LogP contribution >= 0.6 is 35.4 Å². The van der Waals surface area contributed by atoms with Gasteiger partial charge < -0.3 is 16.0 Å². The molecule has 0 spiro atoms. The van der Waals surface area contributed by atoms with Crippen molar-refractivity contribution in [3.8, 4) is 6.07 Å². The minimum Gasteiger partial charge on any atom is -0.333 e. The third-order valence-electron chi connectivity index (χ3n) is 4.93. The maximum atomic E-state index is 13.0. The molecule has 1 amide bonds. The molecule has 0 saturated carbocycles. The SMILES string of the molecule is N#CCc1ccccc1NC(=S)NC1N=C(c2ccccc2Cl)c2cc(Cl)ccc2NC1=O. The Balaban J connectivity index is 1.69. The Morgan fingerprint density at radius 1 is 1.09 bits per heavy atom. The average Bonchev–Trinajstić information content (AvgIpc) is 2.92. The molecule has 1 aliphatic heterocycles. The van der Waals surface area contributed by atoms with Gasteiger partial charge in [0.2, 0.25) is 6.17 Å². The van der Waals surface area contributed by atoms with Gasteiger partial charge in [-0.1, -0.05) is 59.6 Å². The van der Waals surface area contributed by atoms with Gasteiger partial charge in [-0.25, -0.2) is 4.99 Å². The Hall–Kier alpha value is -3.44. The number of anilines is 2. The number of benzodiazepines with no additional fused rings is 1. The summed E-state index contributed by atoms with van der Waals surface area (Å²) in [6.45, 7) is 0. The third kappa shape index (κ3) is 5.15. The zero-order valence-electron chi connectivity index (χ0n) is 17.1. The van der Waals surface area contributed by atoms with Crippen LogP contribution in [-0.4, -0.2) is 22.9 Å². The highest BCUT2D eigenvalue weighted by molar-refractivity contribution is 7.80. The fourth-order valence-corrected chi connectivity index (χ4v) is 4.03. The van der Waals surface area contributed by atoms with Gasteiger partial charge in [-0.2, -0.15) is 5.26 Å². The minimum absolute atomic E-state index is 0.187. The van der Waals surface area contributed by atoms with Gasteiger partial charge >= 0.3 is 0 Å². The van der Waals surface area contributed by atoms with Crippen molar-refractivity contribution in [3.63, 3.8) is 0 Å². The third-order valence-corrected chi connectivity index (χ3v) is 5.72. The Morgan fingerprint density at radius 3 is 2.64 bits per heavy atom. The normalized spacial score (nSPS) is 14.8. The van der Waals surface area contributed by atoms with Crippen molar-refractivity contribution >= 4 is 63.5 Å². The fourth-order valence-electron chi connectivity index (χ4n) is 3.41. The van der Waals surface area contributed by atoms with E-state index in [4.69, 9.17) is 40.7 Å². The van der Waals surface area contributed by atoms with Crippen molar-refractivity contribution in [3.05, 3.63) is 93.5 Å². The molecule has 4 rings (SSSR count). The number of aliphatic imine (C=N–C) groups is 1. The summed E-state index contributed by atoms with van der Waals surface area (Å²) in [4.78, 5) is 17.7. The number of hydrogen-bond donors (Lipinski definition) is 3. The van der Waals surface area contributed by atoms with Gasteiger partial charge in [-0.3, -0.25) is 4.79 Å². The van der Waals surface area contributed by atoms with Crippen LogP contribution in [0.2, 0.25) is 10.0 Å². The van der Waals surface area contributed by atoms with Crippen LogP contribution in [0.5, 0.6) is 0 Å². The molecule has 0 bridgehead atoms. The van der Waals surface area contributed by atoms with Crippen LogP contribution in [0.3, 0.4) is 0 Å². The van der Waals surface area contributed by atoms with Crippen LogP contribution in [0, 0.1) is 11.3 Å². The minimum atomic E-state index is -1.04. The number of thiocarbonyl (C=S) groups is 1. The van der Waals surface area contributed by atoms with Crippen molar-refractivity contribution in [2.45, 2.75) is 12.6 Å². The lowest BCUT2D eigenvalue weighted by Crippen LogP contribution is -2.44. The fraction of sp³-hybridized carbons (Fsp3) is 0.0833. The molecule has 1 unspecified atom stereocenters. The van der Waals surface area contributed by atoms with Crippen molar-refractivity contribution in [1.29, 1.82) is 5.26 Å². The Bertz CT molecular complexity index is 1320. The number of nitrogens with zero attached hydrogens (tertiary/aromatic N) is 2. The molecular formula is C24H17Cl2N5OS. The Kier molecular flexibility index (Phi) is 6.90. The molecule has 1 heterocycles. The number of para-hydroxylation sites is 1. The molecule has 3 aromatic carbocycles. The maximum absolute atomic E-state index is 13.0. The van der Waals surface area contributed by atoms with Crippen LogP contribution in [0.4, 0.5) is 11.4 Å². The number of nitriles is 1. The van der Waals surface area contributed by atoms with E-state index in [1.807, 2.05) is 42.5 Å². The summed E-state index contributed by atoms with van der Waals surface area (Å²) in [5, 5.41) is 19.1. The van der Waals surface area contributed by atoms with E-state index in [-0.39, 0.29) is 11.5 Å². The molecule has 1 aliphatic rings. The first kappa shape index (κ1) is 22.7. The summed E-state index contributed by atoms with van der Waals surface area (Å²) in [5.41, 5.74) is 3.83. The van der Waals surface area contributed by atoms with Gasteiger partial charge in [0.15, 0.2) is 5.11 Å².